The highest BCUT2D eigenvalue weighted by Gasteiger charge is 2.11. The molecule has 0 saturated heterocycles. The highest BCUT2D eigenvalue weighted by atomic mass is 79.9. The molecule has 1 N–H and O–H groups in total. The Hall–Kier alpha value is -2.01. The number of carbonyl (C=O) groups is 1. The van der Waals surface area contributed by atoms with Gasteiger partial charge in [-0.15, -0.1) is 0 Å². The molecular formula is C21H26BrNO3. The first kappa shape index (κ1) is 20.3. The zero-order chi connectivity index (χ0) is 19.1. The molecule has 2 aromatic rings. The Morgan fingerprint density at radius 2 is 1.85 bits per heavy atom. The molecule has 140 valence electrons. The van der Waals surface area contributed by atoms with Gasteiger partial charge in [0.1, 0.15) is 11.5 Å². The van der Waals surface area contributed by atoms with Gasteiger partial charge < -0.3 is 14.8 Å². The van der Waals surface area contributed by atoms with Crippen molar-refractivity contribution in [3.8, 4) is 11.5 Å². The molecule has 0 aliphatic carbocycles. The van der Waals surface area contributed by atoms with E-state index in [4.69, 9.17) is 9.47 Å². The SMILES string of the molecule is CC(C)COc1cccc(NC(=O)COc2ccc(Br)cc2C(C)C)c1. The van der Waals surface area contributed by atoms with Crippen molar-refractivity contribution in [1.82, 2.24) is 0 Å². The van der Waals surface area contributed by atoms with Crippen LogP contribution in [0.5, 0.6) is 11.5 Å². The van der Waals surface area contributed by atoms with Gasteiger partial charge in [0.2, 0.25) is 0 Å². The van der Waals surface area contributed by atoms with E-state index in [1.165, 1.54) is 0 Å². The van der Waals surface area contributed by atoms with Crippen LogP contribution in [0.25, 0.3) is 0 Å². The molecule has 0 saturated carbocycles. The van der Waals surface area contributed by atoms with Gasteiger partial charge in [-0.1, -0.05) is 49.7 Å². The lowest BCUT2D eigenvalue weighted by Gasteiger charge is -2.15. The lowest BCUT2D eigenvalue weighted by Crippen LogP contribution is -2.20. The molecule has 2 rings (SSSR count). The van der Waals surface area contributed by atoms with E-state index in [1.807, 2.05) is 42.5 Å². The van der Waals surface area contributed by atoms with Crippen LogP contribution in [-0.2, 0) is 4.79 Å². The van der Waals surface area contributed by atoms with E-state index in [2.05, 4.69) is 48.9 Å². The van der Waals surface area contributed by atoms with Crippen molar-refractivity contribution in [2.45, 2.75) is 33.6 Å². The molecule has 0 unspecified atom stereocenters. The molecule has 5 heteroatoms. The van der Waals surface area contributed by atoms with Crippen molar-refractivity contribution in [3.05, 3.63) is 52.5 Å². The monoisotopic (exact) mass is 419 g/mol. The van der Waals surface area contributed by atoms with Gasteiger partial charge in [-0.2, -0.15) is 0 Å². The predicted octanol–water partition coefficient (Wildman–Crippen LogP) is 5.62. The summed E-state index contributed by atoms with van der Waals surface area (Å²) in [5.41, 5.74) is 1.76. The molecule has 0 fully saturated rings. The summed E-state index contributed by atoms with van der Waals surface area (Å²) >= 11 is 3.47. The normalized spacial score (nSPS) is 10.9. The van der Waals surface area contributed by atoms with Crippen molar-refractivity contribution in [2.75, 3.05) is 18.5 Å². The average molecular weight is 420 g/mol. The van der Waals surface area contributed by atoms with Gasteiger partial charge in [0.05, 0.1) is 6.61 Å². The lowest BCUT2D eigenvalue weighted by molar-refractivity contribution is -0.118. The van der Waals surface area contributed by atoms with E-state index in [0.29, 0.717) is 24.1 Å². The third kappa shape index (κ3) is 6.37. The maximum Gasteiger partial charge on any atom is 0.262 e. The zero-order valence-electron chi connectivity index (χ0n) is 15.7. The molecule has 2 aromatic carbocycles. The van der Waals surface area contributed by atoms with Gasteiger partial charge in [-0.3, -0.25) is 4.79 Å². The molecular weight excluding hydrogens is 394 g/mol. The predicted molar refractivity (Wildman–Crippen MR) is 109 cm³/mol. The lowest BCUT2D eigenvalue weighted by atomic mass is 10.0. The Morgan fingerprint density at radius 1 is 1.08 bits per heavy atom. The molecule has 0 aromatic heterocycles. The molecule has 0 atom stereocenters. The maximum atomic E-state index is 12.2. The van der Waals surface area contributed by atoms with E-state index in [9.17, 15) is 4.79 Å². The highest BCUT2D eigenvalue weighted by molar-refractivity contribution is 9.10. The minimum atomic E-state index is -0.205. The molecule has 0 heterocycles. The Balaban J connectivity index is 1.94. The summed E-state index contributed by atoms with van der Waals surface area (Å²) in [7, 11) is 0. The van der Waals surface area contributed by atoms with E-state index in [-0.39, 0.29) is 12.5 Å². The molecule has 0 spiro atoms. The number of amides is 1. The third-order valence-corrected chi connectivity index (χ3v) is 4.15. The second kappa shape index (κ2) is 9.62. The van der Waals surface area contributed by atoms with E-state index >= 15 is 0 Å². The number of halogens is 1. The van der Waals surface area contributed by atoms with Crippen LogP contribution in [-0.4, -0.2) is 19.1 Å². The molecule has 26 heavy (non-hydrogen) atoms. The van der Waals surface area contributed by atoms with Crippen LogP contribution in [0.3, 0.4) is 0 Å². The van der Waals surface area contributed by atoms with Crippen LogP contribution in [0.4, 0.5) is 5.69 Å². The first-order chi connectivity index (χ1) is 12.3. The fourth-order valence-electron chi connectivity index (χ4n) is 2.37. The fourth-order valence-corrected chi connectivity index (χ4v) is 2.75. The summed E-state index contributed by atoms with van der Waals surface area (Å²) in [6, 6.07) is 13.2. The van der Waals surface area contributed by atoms with Crippen LogP contribution in [0, 0.1) is 5.92 Å². The first-order valence-corrected chi connectivity index (χ1v) is 9.59. The molecule has 0 radical (unpaired) electrons. The van der Waals surface area contributed by atoms with E-state index in [0.717, 1.165) is 21.5 Å². The van der Waals surface area contributed by atoms with Gasteiger partial charge >= 0.3 is 0 Å². The Labute approximate surface area is 164 Å². The maximum absolute atomic E-state index is 12.2. The van der Waals surface area contributed by atoms with Gasteiger partial charge in [-0.05, 0) is 47.7 Å². The second-order valence-corrected chi connectivity index (χ2v) is 7.82. The van der Waals surface area contributed by atoms with Gasteiger partial charge in [0, 0.05) is 16.2 Å². The first-order valence-electron chi connectivity index (χ1n) is 8.80. The van der Waals surface area contributed by atoms with Gasteiger partial charge in [-0.25, -0.2) is 0 Å². The van der Waals surface area contributed by atoms with Crippen LogP contribution >= 0.6 is 15.9 Å². The smallest absolute Gasteiger partial charge is 0.262 e. The van der Waals surface area contributed by atoms with Gasteiger partial charge in [0.15, 0.2) is 6.61 Å². The summed E-state index contributed by atoms with van der Waals surface area (Å²) in [6.07, 6.45) is 0. The number of carbonyl (C=O) groups excluding carboxylic acids is 1. The topological polar surface area (TPSA) is 47.6 Å². The molecule has 0 aliphatic heterocycles. The third-order valence-electron chi connectivity index (χ3n) is 3.65. The minimum absolute atomic E-state index is 0.0432. The minimum Gasteiger partial charge on any atom is -0.493 e. The summed E-state index contributed by atoms with van der Waals surface area (Å²) in [5, 5.41) is 2.85. The number of anilines is 1. The molecule has 0 aliphatic rings. The van der Waals surface area contributed by atoms with E-state index in [1.54, 1.807) is 0 Å². The van der Waals surface area contributed by atoms with Crippen molar-refractivity contribution >= 4 is 27.5 Å². The van der Waals surface area contributed by atoms with Crippen molar-refractivity contribution in [3.63, 3.8) is 0 Å². The number of hydrogen-bond acceptors (Lipinski definition) is 3. The largest absolute Gasteiger partial charge is 0.493 e. The van der Waals surface area contributed by atoms with E-state index < -0.39 is 0 Å². The molecule has 4 nitrogen and oxygen atoms in total. The number of benzene rings is 2. The Morgan fingerprint density at radius 3 is 2.54 bits per heavy atom. The van der Waals surface area contributed by atoms with Crippen LogP contribution in [0.15, 0.2) is 46.9 Å². The van der Waals surface area contributed by atoms with Crippen LogP contribution < -0.4 is 14.8 Å². The number of ether oxygens (including phenoxy) is 2. The zero-order valence-corrected chi connectivity index (χ0v) is 17.3. The number of hydrogen-bond donors (Lipinski definition) is 1. The van der Waals surface area contributed by atoms with Crippen LogP contribution in [0.2, 0.25) is 0 Å². The second-order valence-electron chi connectivity index (χ2n) is 6.91. The molecule has 0 bridgehead atoms. The Bertz CT molecular complexity index is 744. The standard InChI is InChI=1S/C21H26BrNO3/c1-14(2)12-25-18-7-5-6-17(11-18)23-21(24)13-26-20-9-8-16(22)10-19(20)15(3)4/h5-11,14-15H,12-13H2,1-4H3,(H,23,24). The molecule has 1 amide bonds. The summed E-state index contributed by atoms with van der Waals surface area (Å²) in [4.78, 5) is 12.2. The van der Waals surface area contributed by atoms with Crippen molar-refractivity contribution < 1.29 is 14.3 Å². The van der Waals surface area contributed by atoms with Crippen molar-refractivity contribution in [2.24, 2.45) is 5.92 Å². The average Bonchev–Trinajstić information content (AvgIpc) is 2.59. The van der Waals surface area contributed by atoms with Crippen LogP contribution in [0.1, 0.15) is 39.2 Å². The van der Waals surface area contributed by atoms with Gasteiger partial charge in [0.25, 0.3) is 5.91 Å². The quantitative estimate of drug-likeness (QED) is 0.603. The fraction of sp³-hybridized carbons (Fsp3) is 0.381. The summed E-state index contributed by atoms with van der Waals surface area (Å²) < 4.78 is 12.4. The summed E-state index contributed by atoms with van der Waals surface area (Å²) in [5.74, 6) is 2.02. The number of rotatable bonds is 8. The Kier molecular flexibility index (Phi) is 7.51. The summed E-state index contributed by atoms with van der Waals surface area (Å²) in [6.45, 7) is 8.97. The van der Waals surface area contributed by atoms with Crippen molar-refractivity contribution in [1.29, 1.82) is 0 Å². The highest BCUT2D eigenvalue weighted by Crippen LogP contribution is 2.29. The number of nitrogens with one attached hydrogen (secondary N) is 1.